The summed E-state index contributed by atoms with van der Waals surface area (Å²) in [6, 6.07) is 7.76. The molecule has 0 spiro atoms. The number of halogens is 5. The van der Waals surface area contributed by atoms with E-state index in [2.05, 4.69) is 20.9 Å². The molecular weight excluding hydrogens is 344 g/mol. The summed E-state index contributed by atoms with van der Waals surface area (Å²) in [5.74, 6) is 0. The topological polar surface area (TPSA) is 36.1 Å². The van der Waals surface area contributed by atoms with Crippen molar-refractivity contribution in [2.24, 2.45) is 4.99 Å². The van der Waals surface area contributed by atoms with Crippen molar-refractivity contribution in [2.75, 3.05) is 0 Å². The van der Waals surface area contributed by atoms with E-state index in [4.69, 9.17) is 11.6 Å². The first-order chi connectivity index (χ1) is 8.78. The number of aliphatic imine (C=N–C) groups is 1. The summed E-state index contributed by atoms with van der Waals surface area (Å²) in [6.45, 7) is 0. The van der Waals surface area contributed by atoms with Gasteiger partial charge in [-0.3, -0.25) is 0 Å². The molecule has 0 radical (unpaired) electrons. The lowest BCUT2D eigenvalue weighted by Crippen LogP contribution is -2.23. The van der Waals surface area contributed by atoms with E-state index in [0.717, 1.165) is 6.08 Å². The van der Waals surface area contributed by atoms with Crippen molar-refractivity contribution in [3.63, 3.8) is 0 Å². The van der Waals surface area contributed by atoms with Crippen LogP contribution in [0.25, 0.3) is 0 Å². The van der Waals surface area contributed by atoms with E-state index in [1.807, 2.05) is 6.07 Å². The number of hydrogen-bond donors (Lipinski definition) is 0. The second kappa shape index (κ2) is 4.66. The van der Waals surface area contributed by atoms with E-state index in [0.29, 0.717) is 10.6 Å². The zero-order chi connectivity index (χ0) is 14.3. The van der Waals surface area contributed by atoms with Crippen LogP contribution in [-0.4, -0.2) is 11.9 Å². The highest BCUT2D eigenvalue weighted by atomic mass is 79.9. The van der Waals surface area contributed by atoms with E-state index in [-0.39, 0.29) is 4.48 Å². The van der Waals surface area contributed by atoms with Gasteiger partial charge in [0.1, 0.15) is 6.07 Å². The van der Waals surface area contributed by atoms with Crippen LogP contribution >= 0.6 is 27.5 Å². The molecule has 2 nitrogen and oxygen atoms in total. The van der Waals surface area contributed by atoms with Gasteiger partial charge in [0.25, 0.3) is 0 Å². The van der Waals surface area contributed by atoms with Crippen molar-refractivity contribution >= 4 is 33.2 Å². The summed E-state index contributed by atoms with van der Waals surface area (Å²) in [5, 5.41) is 9.65. The van der Waals surface area contributed by atoms with E-state index >= 15 is 0 Å². The second-order valence-electron chi connectivity index (χ2n) is 3.84. The molecule has 1 aliphatic heterocycles. The van der Waals surface area contributed by atoms with Gasteiger partial charge in [0.15, 0.2) is 11.3 Å². The van der Waals surface area contributed by atoms with Crippen LogP contribution in [0.1, 0.15) is 5.56 Å². The minimum Gasteiger partial charge on any atom is -0.248 e. The van der Waals surface area contributed by atoms with E-state index in [1.165, 1.54) is 24.3 Å². The van der Waals surface area contributed by atoms with Crippen molar-refractivity contribution in [3.05, 3.63) is 45.4 Å². The molecule has 0 amide bonds. The van der Waals surface area contributed by atoms with Gasteiger partial charge in [-0.1, -0.05) is 23.7 Å². The lowest BCUT2D eigenvalue weighted by Gasteiger charge is -2.16. The van der Waals surface area contributed by atoms with Crippen LogP contribution in [0.2, 0.25) is 5.02 Å². The molecule has 0 saturated carbocycles. The Bertz CT molecular complexity index is 613. The minimum atomic E-state index is -4.61. The Kier molecular flexibility index (Phi) is 3.45. The quantitative estimate of drug-likeness (QED) is 0.742. The molecule has 2 rings (SSSR count). The monoisotopic (exact) mass is 348 g/mol. The molecule has 19 heavy (non-hydrogen) atoms. The predicted molar refractivity (Wildman–Crippen MR) is 69.2 cm³/mol. The second-order valence-corrected chi connectivity index (χ2v) is 5.13. The number of rotatable bonds is 1. The summed E-state index contributed by atoms with van der Waals surface area (Å²) in [6.07, 6.45) is -3.47. The first-order valence-electron chi connectivity index (χ1n) is 5.01. The van der Waals surface area contributed by atoms with Crippen LogP contribution < -0.4 is 0 Å². The highest BCUT2D eigenvalue weighted by Gasteiger charge is 2.46. The average molecular weight is 350 g/mol. The highest BCUT2D eigenvalue weighted by molar-refractivity contribution is 9.12. The van der Waals surface area contributed by atoms with Crippen molar-refractivity contribution in [1.82, 2.24) is 0 Å². The lowest BCUT2D eigenvalue weighted by molar-refractivity contribution is -0.0579. The zero-order valence-electron chi connectivity index (χ0n) is 9.17. The molecule has 0 bridgehead atoms. The molecule has 1 atom stereocenters. The number of nitriles is 1. The van der Waals surface area contributed by atoms with Gasteiger partial charge < -0.3 is 0 Å². The van der Waals surface area contributed by atoms with Crippen molar-refractivity contribution in [1.29, 1.82) is 5.26 Å². The van der Waals surface area contributed by atoms with Crippen LogP contribution in [0.4, 0.5) is 13.2 Å². The fourth-order valence-corrected chi connectivity index (χ4v) is 2.46. The van der Waals surface area contributed by atoms with E-state index in [1.54, 1.807) is 0 Å². The third kappa shape index (κ3) is 2.53. The van der Waals surface area contributed by atoms with Gasteiger partial charge in [0.2, 0.25) is 0 Å². The summed E-state index contributed by atoms with van der Waals surface area (Å²) >= 11 is 8.52. The van der Waals surface area contributed by atoms with Crippen LogP contribution in [0.15, 0.2) is 39.8 Å². The molecule has 1 heterocycles. The molecule has 98 valence electrons. The molecule has 1 aromatic carbocycles. The number of allylic oxidation sites excluding steroid dienone is 1. The molecule has 1 aliphatic rings. The largest absolute Gasteiger partial charge is 0.434 e. The van der Waals surface area contributed by atoms with E-state index < -0.39 is 17.4 Å². The van der Waals surface area contributed by atoms with Gasteiger partial charge in [-0.2, -0.15) is 18.4 Å². The number of alkyl halides is 3. The first-order valence-corrected chi connectivity index (χ1v) is 6.19. The third-order valence-electron chi connectivity index (χ3n) is 2.57. The third-order valence-corrected chi connectivity index (χ3v) is 3.43. The van der Waals surface area contributed by atoms with Gasteiger partial charge in [0, 0.05) is 9.51 Å². The van der Waals surface area contributed by atoms with Crippen LogP contribution in [0.3, 0.4) is 0 Å². The predicted octanol–water partition coefficient (Wildman–Crippen LogP) is 4.35. The fourth-order valence-electron chi connectivity index (χ4n) is 1.69. The SMILES string of the molecule is N#CC1(c2ccc(Cl)cc2)C=C(Br)C(C(F)(F)F)=N1. The van der Waals surface area contributed by atoms with Gasteiger partial charge in [-0.25, -0.2) is 4.99 Å². The van der Waals surface area contributed by atoms with E-state index in [9.17, 15) is 18.4 Å². The molecule has 0 saturated heterocycles. The van der Waals surface area contributed by atoms with Crippen LogP contribution in [-0.2, 0) is 5.54 Å². The molecule has 0 aromatic heterocycles. The van der Waals surface area contributed by atoms with Crippen molar-refractivity contribution in [2.45, 2.75) is 11.7 Å². The Balaban J connectivity index is 2.57. The maximum Gasteiger partial charge on any atom is 0.434 e. The van der Waals surface area contributed by atoms with Gasteiger partial charge in [0.05, 0.1) is 0 Å². The zero-order valence-corrected chi connectivity index (χ0v) is 11.5. The Labute approximate surface area is 120 Å². The molecule has 1 aromatic rings. The summed E-state index contributed by atoms with van der Waals surface area (Å²) in [7, 11) is 0. The Morgan fingerprint density at radius 1 is 1.26 bits per heavy atom. The van der Waals surface area contributed by atoms with Crippen molar-refractivity contribution in [3.8, 4) is 6.07 Å². The molecular formula is C12H5BrClF3N2. The first kappa shape index (κ1) is 14.1. The Hall–Kier alpha value is -1.32. The van der Waals surface area contributed by atoms with Crippen molar-refractivity contribution < 1.29 is 13.2 Å². The highest BCUT2D eigenvalue weighted by Crippen LogP contribution is 2.40. The standard InChI is InChI=1S/C12H5BrClF3N2/c13-9-5-11(6-18,19-10(9)12(15,16)17)7-1-3-8(14)4-2-7/h1-5H. The number of nitrogens with zero attached hydrogens (tertiary/aromatic N) is 2. The summed E-state index contributed by atoms with van der Waals surface area (Å²) in [5.41, 5.74) is -2.44. The molecule has 0 fully saturated rings. The van der Waals surface area contributed by atoms with Gasteiger partial charge >= 0.3 is 6.18 Å². The molecule has 7 heteroatoms. The molecule has 1 unspecified atom stereocenters. The number of benzene rings is 1. The maximum absolute atomic E-state index is 12.7. The maximum atomic E-state index is 12.7. The normalized spacial score (nSPS) is 22.7. The summed E-state index contributed by atoms with van der Waals surface area (Å²) < 4.78 is 38.0. The smallest absolute Gasteiger partial charge is 0.248 e. The van der Waals surface area contributed by atoms with Crippen LogP contribution in [0, 0.1) is 11.3 Å². The van der Waals surface area contributed by atoms with Crippen LogP contribution in [0.5, 0.6) is 0 Å². The molecule has 0 aliphatic carbocycles. The number of hydrogen-bond acceptors (Lipinski definition) is 2. The fraction of sp³-hybridized carbons (Fsp3) is 0.167. The lowest BCUT2D eigenvalue weighted by atomic mass is 9.93. The average Bonchev–Trinajstić information content (AvgIpc) is 2.68. The Morgan fingerprint density at radius 2 is 1.84 bits per heavy atom. The van der Waals surface area contributed by atoms with Gasteiger partial charge in [-0.05, 0) is 39.7 Å². The Morgan fingerprint density at radius 3 is 2.26 bits per heavy atom. The molecule has 0 N–H and O–H groups in total. The minimum absolute atomic E-state index is 0.239. The van der Waals surface area contributed by atoms with Gasteiger partial charge in [-0.15, -0.1) is 0 Å². The summed E-state index contributed by atoms with van der Waals surface area (Å²) in [4.78, 5) is 3.54.